The monoisotopic (exact) mass is 642 g/mol. The molecule has 2 aromatic rings. The maximum atomic E-state index is 13.6. The summed E-state index contributed by atoms with van der Waals surface area (Å²) < 4.78 is 121. The van der Waals surface area contributed by atoms with Crippen molar-refractivity contribution in [2.75, 3.05) is 7.11 Å². The maximum absolute atomic E-state index is 13.6. The maximum Gasteiger partial charge on any atom is 0.456 e. The van der Waals surface area contributed by atoms with Gasteiger partial charge in [0.05, 0.1) is 7.11 Å². The summed E-state index contributed by atoms with van der Waals surface area (Å²) in [4.78, 5) is 21.6. The van der Waals surface area contributed by atoms with E-state index in [1.165, 1.54) is 25.3 Å². The quantitative estimate of drug-likeness (QED) is 0.246. The van der Waals surface area contributed by atoms with Gasteiger partial charge in [0.15, 0.2) is 18.2 Å². The van der Waals surface area contributed by atoms with E-state index in [1.54, 1.807) is 18.2 Å². The fraction of sp³-hybridized carbons (Fsp3) is 0.533. The van der Waals surface area contributed by atoms with E-state index in [9.17, 15) is 59.3 Å². The van der Waals surface area contributed by atoms with E-state index >= 15 is 0 Å². The predicted octanol–water partition coefficient (Wildman–Crippen LogP) is 6.76. The third-order valence-electron chi connectivity index (χ3n) is 8.23. The Morgan fingerprint density at radius 1 is 0.750 bits per heavy atom. The zero-order chi connectivity index (χ0) is 33.1. The molecule has 14 heteroatoms. The van der Waals surface area contributed by atoms with Crippen LogP contribution in [0.25, 0.3) is 0 Å². The van der Waals surface area contributed by atoms with Crippen molar-refractivity contribution in [2.24, 2.45) is 0 Å². The van der Waals surface area contributed by atoms with Gasteiger partial charge in [-0.25, -0.2) is 4.39 Å². The Labute approximate surface area is 247 Å². The summed E-state index contributed by atoms with van der Waals surface area (Å²) >= 11 is 0. The molecule has 4 atom stereocenters. The first kappa shape index (κ1) is 35.4. The normalized spacial score (nSPS) is 21.4. The molecule has 244 valence electrons. The Kier molecular flexibility index (Phi) is 10.5. The number of ether oxygens (including phenoxy) is 1. The molecule has 5 nitrogen and oxygen atoms in total. The smallest absolute Gasteiger partial charge is 0.456 e. The summed E-state index contributed by atoms with van der Waals surface area (Å²) in [6, 6.07) is 8.76. The number of fused-ring (bicyclic) bond motifs is 2. The Balaban J connectivity index is 0.000000244. The van der Waals surface area contributed by atoms with Gasteiger partial charge in [-0.2, -0.15) is 35.1 Å². The minimum absolute atomic E-state index is 0.309. The van der Waals surface area contributed by atoms with Crippen LogP contribution < -0.4 is 4.74 Å². The standard InChI is InChI=1S/C16H17F5O3.C14H14F4O2/c1-24-12-5-6-13-10(7-12)3-2-4-11(13)8-14(23,9-22)15(17,18)16(19,20)21;15-11-4-5-12-9(6-11)2-1-3-10(12)7-13(20,8-19)14(16,17)18/h5-7,9,11,23H,2-4,8H2,1H3;4-6,8,10,20H,1-3,7H2. The summed E-state index contributed by atoms with van der Waals surface area (Å²) in [5, 5.41) is 19.3. The van der Waals surface area contributed by atoms with Crippen molar-refractivity contribution >= 4 is 12.6 Å². The molecular weight excluding hydrogens is 611 g/mol. The molecule has 0 amide bonds. The molecule has 2 aliphatic carbocycles. The SMILES string of the molecule is COc1ccc2c(c1)CCCC2CC(O)(C=O)C(F)(F)C(F)(F)F.O=CC(O)(CC1CCCc2cc(F)ccc21)C(F)(F)F. The average molecular weight is 643 g/mol. The third-order valence-corrected chi connectivity index (χ3v) is 8.23. The topological polar surface area (TPSA) is 83.8 Å². The van der Waals surface area contributed by atoms with Gasteiger partial charge in [-0.15, -0.1) is 0 Å². The van der Waals surface area contributed by atoms with Gasteiger partial charge in [0, 0.05) is 0 Å². The minimum Gasteiger partial charge on any atom is -0.497 e. The number of aliphatic hydroxyl groups is 2. The molecule has 44 heavy (non-hydrogen) atoms. The molecule has 0 aromatic heterocycles. The van der Waals surface area contributed by atoms with Crippen LogP contribution in [0.4, 0.5) is 39.5 Å². The molecule has 0 heterocycles. The van der Waals surface area contributed by atoms with Gasteiger partial charge >= 0.3 is 18.3 Å². The van der Waals surface area contributed by atoms with Crippen LogP contribution >= 0.6 is 0 Å². The largest absolute Gasteiger partial charge is 0.497 e. The van der Waals surface area contributed by atoms with Gasteiger partial charge < -0.3 is 14.9 Å². The van der Waals surface area contributed by atoms with Gasteiger partial charge in [-0.05, 0) is 110 Å². The molecule has 4 rings (SSSR count). The fourth-order valence-electron chi connectivity index (χ4n) is 5.80. The van der Waals surface area contributed by atoms with Crippen molar-refractivity contribution in [1.82, 2.24) is 0 Å². The number of methoxy groups -OCH3 is 1. The van der Waals surface area contributed by atoms with Crippen molar-refractivity contribution in [3.05, 3.63) is 64.5 Å². The Bertz CT molecular complexity index is 1330. The fourth-order valence-corrected chi connectivity index (χ4v) is 5.80. The van der Waals surface area contributed by atoms with Crippen molar-refractivity contribution in [3.8, 4) is 5.75 Å². The Morgan fingerprint density at radius 2 is 1.23 bits per heavy atom. The number of rotatable bonds is 8. The predicted molar refractivity (Wildman–Crippen MR) is 139 cm³/mol. The lowest BCUT2D eigenvalue weighted by atomic mass is 9.75. The summed E-state index contributed by atoms with van der Waals surface area (Å²) in [5.41, 5.74) is -4.60. The zero-order valence-corrected chi connectivity index (χ0v) is 23.5. The highest BCUT2D eigenvalue weighted by Gasteiger charge is 2.70. The number of aryl methyl sites for hydroxylation is 2. The Hall–Kier alpha value is -3.13. The second kappa shape index (κ2) is 13.1. The van der Waals surface area contributed by atoms with Gasteiger partial charge in [-0.1, -0.05) is 12.1 Å². The van der Waals surface area contributed by atoms with Crippen LogP contribution in [0.15, 0.2) is 36.4 Å². The Morgan fingerprint density at radius 3 is 1.68 bits per heavy atom. The van der Waals surface area contributed by atoms with Crippen LogP contribution in [0.5, 0.6) is 5.75 Å². The van der Waals surface area contributed by atoms with E-state index in [2.05, 4.69) is 0 Å². The lowest BCUT2D eigenvalue weighted by molar-refractivity contribution is -0.332. The first-order valence-electron chi connectivity index (χ1n) is 13.7. The van der Waals surface area contributed by atoms with Crippen LogP contribution in [0.1, 0.15) is 72.6 Å². The number of carbonyl (C=O) groups is 2. The van der Waals surface area contributed by atoms with Crippen molar-refractivity contribution in [1.29, 1.82) is 0 Å². The van der Waals surface area contributed by atoms with E-state index in [4.69, 9.17) is 4.74 Å². The first-order chi connectivity index (χ1) is 20.3. The highest BCUT2D eigenvalue weighted by Crippen LogP contribution is 2.48. The lowest BCUT2D eigenvalue weighted by Crippen LogP contribution is -2.58. The van der Waals surface area contributed by atoms with Gasteiger partial charge in [0.1, 0.15) is 11.6 Å². The molecule has 0 aliphatic heterocycles. The number of carbonyl (C=O) groups excluding carboxylic acids is 2. The van der Waals surface area contributed by atoms with Crippen LogP contribution in [0, 0.1) is 5.82 Å². The van der Waals surface area contributed by atoms with Crippen LogP contribution in [-0.4, -0.2) is 59.4 Å². The number of hydrogen-bond donors (Lipinski definition) is 2. The zero-order valence-electron chi connectivity index (χ0n) is 23.5. The summed E-state index contributed by atoms with van der Waals surface area (Å²) in [7, 11) is 1.46. The van der Waals surface area contributed by atoms with E-state index in [1.807, 2.05) is 0 Å². The second-order valence-corrected chi connectivity index (χ2v) is 11.1. The van der Waals surface area contributed by atoms with Crippen LogP contribution in [0.3, 0.4) is 0 Å². The molecule has 0 fully saturated rings. The van der Waals surface area contributed by atoms with Crippen molar-refractivity contribution < 1.29 is 64.1 Å². The van der Waals surface area contributed by atoms with Crippen molar-refractivity contribution in [3.63, 3.8) is 0 Å². The molecule has 0 spiro atoms. The molecule has 4 unspecified atom stereocenters. The summed E-state index contributed by atoms with van der Waals surface area (Å²) in [6.07, 6.45) is -10.8. The molecule has 0 radical (unpaired) electrons. The molecule has 0 saturated carbocycles. The number of aldehydes is 2. The van der Waals surface area contributed by atoms with Crippen LogP contribution in [-0.2, 0) is 22.4 Å². The van der Waals surface area contributed by atoms with Crippen LogP contribution in [0.2, 0.25) is 0 Å². The van der Waals surface area contributed by atoms with Gasteiger partial charge in [0.2, 0.25) is 5.60 Å². The number of halogens is 9. The number of benzene rings is 2. The molecular formula is C30H31F9O5. The molecule has 2 aromatic carbocycles. The van der Waals surface area contributed by atoms with E-state index in [0.717, 1.165) is 5.56 Å². The third kappa shape index (κ3) is 7.22. The van der Waals surface area contributed by atoms with Gasteiger partial charge in [-0.3, -0.25) is 9.59 Å². The van der Waals surface area contributed by atoms with Gasteiger partial charge in [0.25, 0.3) is 0 Å². The minimum atomic E-state index is -6.01. The second-order valence-electron chi connectivity index (χ2n) is 11.1. The van der Waals surface area contributed by atoms with E-state index in [0.29, 0.717) is 61.0 Å². The first-order valence-corrected chi connectivity index (χ1v) is 13.7. The van der Waals surface area contributed by atoms with Crippen molar-refractivity contribution in [2.45, 2.75) is 92.7 Å². The number of alkyl halides is 8. The van der Waals surface area contributed by atoms with E-state index in [-0.39, 0.29) is 0 Å². The lowest BCUT2D eigenvalue weighted by Gasteiger charge is -2.36. The summed E-state index contributed by atoms with van der Waals surface area (Å²) in [5.74, 6) is -6.79. The highest BCUT2D eigenvalue weighted by molar-refractivity contribution is 5.65. The number of hydrogen-bond acceptors (Lipinski definition) is 5. The summed E-state index contributed by atoms with van der Waals surface area (Å²) in [6.45, 7) is 0. The molecule has 0 bridgehead atoms. The molecule has 2 aliphatic rings. The highest BCUT2D eigenvalue weighted by atomic mass is 19.4. The van der Waals surface area contributed by atoms with E-state index < -0.39 is 72.5 Å². The average Bonchev–Trinajstić information content (AvgIpc) is 2.95. The molecule has 2 N–H and O–H groups in total. The molecule has 0 saturated heterocycles.